The predicted octanol–water partition coefficient (Wildman–Crippen LogP) is 0.365. The van der Waals surface area contributed by atoms with Crippen molar-refractivity contribution in [3.8, 4) is 12.3 Å². The summed E-state index contributed by atoms with van der Waals surface area (Å²) in [5, 5.41) is 0. The van der Waals surface area contributed by atoms with Gasteiger partial charge in [0.05, 0.1) is 5.92 Å². The van der Waals surface area contributed by atoms with Gasteiger partial charge in [-0.3, -0.25) is 4.79 Å². The van der Waals surface area contributed by atoms with Crippen molar-refractivity contribution in [2.24, 2.45) is 5.92 Å². The molecule has 0 N–H and O–H groups in total. The summed E-state index contributed by atoms with van der Waals surface area (Å²) in [5.74, 6) is 1.85. The molecule has 1 radical (unpaired) electrons. The number of terminal acetylenes is 1. The molecule has 0 aromatic heterocycles. The highest BCUT2D eigenvalue weighted by molar-refractivity contribution is 5.58. The topological polar surface area (TPSA) is 17.1 Å². The Morgan fingerprint density at radius 3 is 2.33 bits per heavy atom. The van der Waals surface area contributed by atoms with Gasteiger partial charge in [0.15, 0.2) is 0 Å². The van der Waals surface area contributed by atoms with Gasteiger partial charge in [-0.2, -0.15) is 0 Å². The molecule has 0 aromatic carbocycles. The minimum Gasteiger partial charge on any atom is -0.289 e. The molecule has 0 rings (SSSR count). The molecule has 6 heavy (non-hydrogen) atoms. The average Bonchev–Trinajstić information content (AvgIpc) is 1.65. The van der Waals surface area contributed by atoms with Crippen LogP contribution < -0.4 is 0 Å². The van der Waals surface area contributed by atoms with Crippen LogP contribution in [0.15, 0.2) is 0 Å². The summed E-state index contributed by atoms with van der Waals surface area (Å²) in [4.78, 5) is 9.47. The summed E-state index contributed by atoms with van der Waals surface area (Å²) in [5.41, 5.74) is 0. The Hall–Kier alpha value is -0.770. The number of hydrogen-bond donors (Lipinski definition) is 0. The summed E-state index contributed by atoms with van der Waals surface area (Å²) in [7, 11) is 0. The van der Waals surface area contributed by atoms with E-state index in [0.29, 0.717) is 0 Å². The fourth-order valence-electron chi connectivity index (χ4n) is 0.0340. The van der Waals surface area contributed by atoms with Gasteiger partial charge in [0.2, 0.25) is 6.29 Å². The first-order chi connectivity index (χ1) is 2.81. The van der Waals surface area contributed by atoms with Crippen LogP contribution in [-0.4, -0.2) is 6.29 Å². The zero-order valence-corrected chi connectivity index (χ0v) is 3.56. The predicted molar refractivity (Wildman–Crippen MR) is 23.7 cm³/mol. The van der Waals surface area contributed by atoms with E-state index in [9.17, 15) is 4.79 Å². The highest BCUT2D eigenvalue weighted by Gasteiger charge is 1.87. The minimum absolute atomic E-state index is 0.343. The second-order valence-electron chi connectivity index (χ2n) is 1.01. The third kappa shape index (κ3) is 1.54. The molecule has 0 fully saturated rings. The van der Waals surface area contributed by atoms with Gasteiger partial charge in [-0.15, -0.1) is 6.42 Å². The molecule has 0 spiro atoms. The number of rotatable bonds is 1. The fraction of sp³-hybridized carbons (Fsp3) is 0.400. The summed E-state index contributed by atoms with van der Waals surface area (Å²) < 4.78 is 0. The van der Waals surface area contributed by atoms with Gasteiger partial charge in [-0.25, -0.2) is 0 Å². The highest BCUT2D eigenvalue weighted by Crippen LogP contribution is 1.79. The molecule has 0 amide bonds. The number of carbonyl (C=O) groups excluding carboxylic acids is 1. The standard InChI is InChI=1S/C5H5O/c1-3-5(2)4-6/h1,5H,2H3. The molecule has 0 aliphatic heterocycles. The smallest absolute Gasteiger partial charge is 0.214 e. The highest BCUT2D eigenvalue weighted by atomic mass is 16.1. The maximum absolute atomic E-state index is 9.47. The fourth-order valence-corrected chi connectivity index (χ4v) is 0.0340. The van der Waals surface area contributed by atoms with Crippen LogP contribution in [0.5, 0.6) is 0 Å². The summed E-state index contributed by atoms with van der Waals surface area (Å²) in [6.45, 7) is 1.62. The van der Waals surface area contributed by atoms with Gasteiger partial charge in [-0.1, -0.05) is 5.92 Å². The van der Waals surface area contributed by atoms with Crippen molar-refractivity contribution in [2.75, 3.05) is 0 Å². The average molecular weight is 81.1 g/mol. The lowest BCUT2D eigenvalue weighted by molar-refractivity contribution is 0.545. The molecule has 0 aromatic rings. The molecular formula is C5H5O. The third-order valence-corrected chi connectivity index (χ3v) is 0.427. The van der Waals surface area contributed by atoms with Crippen molar-refractivity contribution in [1.82, 2.24) is 0 Å². The molecule has 1 unspecified atom stereocenters. The summed E-state index contributed by atoms with van der Waals surface area (Å²) in [6, 6.07) is 0. The van der Waals surface area contributed by atoms with Crippen LogP contribution in [0.2, 0.25) is 0 Å². The molecule has 0 saturated heterocycles. The first kappa shape index (κ1) is 5.23. The summed E-state index contributed by atoms with van der Waals surface area (Å²) in [6.07, 6.45) is 6.40. The normalized spacial score (nSPS) is 12.0. The van der Waals surface area contributed by atoms with Crippen LogP contribution in [0.3, 0.4) is 0 Å². The monoisotopic (exact) mass is 81.0 g/mol. The third-order valence-electron chi connectivity index (χ3n) is 0.427. The van der Waals surface area contributed by atoms with Crippen LogP contribution in [0.4, 0.5) is 0 Å². The van der Waals surface area contributed by atoms with Crippen molar-refractivity contribution in [3.63, 3.8) is 0 Å². The van der Waals surface area contributed by atoms with Crippen LogP contribution >= 0.6 is 0 Å². The Morgan fingerprint density at radius 2 is 2.33 bits per heavy atom. The second-order valence-corrected chi connectivity index (χ2v) is 1.01. The zero-order chi connectivity index (χ0) is 4.99. The molecule has 1 heteroatoms. The summed E-state index contributed by atoms with van der Waals surface area (Å²) >= 11 is 0. The van der Waals surface area contributed by atoms with Crippen LogP contribution in [0.25, 0.3) is 0 Å². The Balaban J connectivity index is 3.30. The molecular weight excluding hydrogens is 76.1 g/mol. The van der Waals surface area contributed by atoms with Crippen molar-refractivity contribution >= 4 is 6.29 Å². The van der Waals surface area contributed by atoms with Gasteiger partial charge < -0.3 is 0 Å². The van der Waals surface area contributed by atoms with Crippen molar-refractivity contribution in [3.05, 3.63) is 0 Å². The van der Waals surface area contributed by atoms with Gasteiger partial charge >= 0.3 is 0 Å². The lowest BCUT2D eigenvalue weighted by Gasteiger charge is -1.77. The van der Waals surface area contributed by atoms with Gasteiger partial charge in [0, 0.05) is 0 Å². The van der Waals surface area contributed by atoms with E-state index in [1.54, 1.807) is 13.2 Å². The maximum Gasteiger partial charge on any atom is 0.214 e. The quantitative estimate of drug-likeness (QED) is 0.417. The molecule has 0 saturated carbocycles. The van der Waals surface area contributed by atoms with Gasteiger partial charge in [0.1, 0.15) is 0 Å². The van der Waals surface area contributed by atoms with E-state index in [1.165, 1.54) is 0 Å². The first-order valence-corrected chi connectivity index (χ1v) is 1.65. The van der Waals surface area contributed by atoms with Crippen LogP contribution in [0.1, 0.15) is 6.92 Å². The number of hydrogen-bond acceptors (Lipinski definition) is 1. The van der Waals surface area contributed by atoms with Crippen LogP contribution in [-0.2, 0) is 4.79 Å². The van der Waals surface area contributed by atoms with Crippen molar-refractivity contribution < 1.29 is 4.79 Å². The van der Waals surface area contributed by atoms with Crippen molar-refractivity contribution in [2.45, 2.75) is 6.92 Å². The van der Waals surface area contributed by atoms with E-state index in [4.69, 9.17) is 6.42 Å². The van der Waals surface area contributed by atoms with Gasteiger partial charge in [0.25, 0.3) is 0 Å². The van der Waals surface area contributed by atoms with E-state index in [0.717, 1.165) is 0 Å². The van der Waals surface area contributed by atoms with E-state index < -0.39 is 0 Å². The van der Waals surface area contributed by atoms with Crippen molar-refractivity contribution in [1.29, 1.82) is 0 Å². The van der Waals surface area contributed by atoms with Crippen LogP contribution in [0, 0.1) is 18.3 Å². The molecule has 1 atom stereocenters. The molecule has 0 heterocycles. The Bertz CT molecular complexity index is 78.4. The molecule has 1 nitrogen and oxygen atoms in total. The Morgan fingerprint density at radius 1 is 1.83 bits per heavy atom. The molecule has 0 aliphatic carbocycles. The molecule has 0 bridgehead atoms. The zero-order valence-electron chi connectivity index (χ0n) is 3.56. The SMILES string of the molecule is C#CC(C)[C]=O. The first-order valence-electron chi connectivity index (χ1n) is 1.65. The van der Waals surface area contributed by atoms with E-state index >= 15 is 0 Å². The van der Waals surface area contributed by atoms with E-state index in [1.807, 2.05) is 0 Å². The lowest BCUT2D eigenvalue weighted by atomic mass is 10.2. The van der Waals surface area contributed by atoms with E-state index in [2.05, 4.69) is 5.92 Å². The minimum atomic E-state index is -0.343. The Kier molecular flexibility index (Phi) is 2.15. The molecule has 0 aliphatic rings. The Labute approximate surface area is 37.4 Å². The maximum atomic E-state index is 9.47. The lowest BCUT2D eigenvalue weighted by Crippen LogP contribution is -1.86. The molecule has 31 valence electrons. The van der Waals surface area contributed by atoms with Gasteiger partial charge in [-0.05, 0) is 6.92 Å². The van der Waals surface area contributed by atoms with E-state index in [-0.39, 0.29) is 5.92 Å². The largest absolute Gasteiger partial charge is 0.289 e. The second kappa shape index (κ2) is 2.47.